The average molecular weight is 192 g/mol. The van der Waals surface area contributed by atoms with Gasteiger partial charge in [0.2, 0.25) is 0 Å². The molecule has 0 saturated heterocycles. The van der Waals surface area contributed by atoms with Crippen LogP contribution in [0.2, 0.25) is 0 Å². The van der Waals surface area contributed by atoms with E-state index in [9.17, 15) is 0 Å². The van der Waals surface area contributed by atoms with Crippen LogP contribution < -0.4 is 0 Å². The second kappa shape index (κ2) is 7.26. The quantitative estimate of drug-likeness (QED) is 0.603. The van der Waals surface area contributed by atoms with Gasteiger partial charge in [-0.05, 0) is 20.8 Å². The normalized spacial score (nSPS) is 18.2. The third-order valence-electron chi connectivity index (χ3n) is 1.49. The molecule has 13 heavy (non-hydrogen) atoms. The van der Waals surface area contributed by atoms with E-state index in [0.717, 1.165) is 0 Å². The van der Waals surface area contributed by atoms with Crippen molar-refractivity contribution in [2.24, 2.45) is 0 Å². The van der Waals surface area contributed by atoms with Crippen molar-refractivity contribution in [1.29, 1.82) is 0 Å². The molecule has 0 spiro atoms. The van der Waals surface area contributed by atoms with E-state index in [2.05, 4.69) is 0 Å². The Kier molecular flexibility index (Phi) is 7.17. The first-order valence-electron chi connectivity index (χ1n) is 4.58. The molecule has 0 heterocycles. The van der Waals surface area contributed by atoms with E-state index in [0.29, 0.717) is 13.2 Å². The van der Waals surface area contributed by atoms with Gasteiger partial charge in [-0.25, -0.2) is 0 Å². The highest BCUT2D eigenvalue weighted by Gasteiger charge is 2.06. The first-order chi connectivity index (χ1) is 6.06. The van der Waals surface area contributed by atoms with Gasteiger partial charge in [0.05, 0.1) is 38.1 Å². The van der Waals surface area contributed by atoms with Crippen molar-refractivity contribution in [3.05, 3.63) is 0 Å². The van der Waals surface area contributed by atoms with E-state index in [4.69, 9.17) is 19.7 Å². The smallest absolute Gasteiger partial charge is 0.0781 e. The largest absolute Gasteiger partial charge is 0.394 e. The second-order valence-corrected chi connectivity index (χ2v) is 3.32. The molecule has 0 aliphatic heterocycles. The van der Waals surface area contributed by atoms with Crippen molar-refractivity contribution in [3.8, 4) is 0 Å². The number of aliphatic hydroxyl groups is 2. The highest BCUT2D eigenvalue weighted by molar-refractivity contribution is 4.52. The van der Waals surface area contributed by atoms with Crippen LogP contribution in [0.5, 0.6) is 0 Å². The first-order valence-corrected chi connectivity index (χ1v) is 4.58. The van der Waals surface area contributed by atoms with Crippen molar-refractivity contribution < 1.29 is 19.7 Å². The maximum atomic E-state index is 8.92. The van der Waals surface area contributed by atoms with Crippen LogP contribution >= 0.6 is 0 Å². The summed E-state index contributed by atoms with van der Waals surface area (Å²) in [6, 6.07) is 0. The van der Waals surface area contributed by atoms with Crippen LogP contribution in [0.25, 0.3) is 0 Å². The Morgan fingerprint density at radius 3 is 2.00 bits per heavy atom. The zero-order valence-corrected chi connectivity index (χ0v) is 8.56. The lowest BCUT2D eigenvalue weighted by Crippen LogP contribution is -2.24. The third kappa shape index (κ3) is 8.18. The monoisotopic (exact) mass is 192 g/mol. The van der Waals surface area contributed by atoms with Crippen LogP contribution in [0.4, 0.5) is 0 Å². The van der Waals surface area contributed by atoms with Crippen molar-refractivity contribution in [3.63, 3.8) is 0 Å². The molecule has 0 aromatic heterocycles. The number of hydrogen-bond acceptors (Lipinski definition) is 4. The fourth-order valence-corrected chi connectivity index (χ4v) is 0.704. The Labute approximate surface area is 79.5 Å². The van der Waals surface area contributed by atoms with E-state index in [1.807, 2.05) is 6.92 Å². The van der Waals surface area contributed by atoms with Gasteiger partial charge in [-0.2, -0.15) is 0 Å². The number of ether oxygens (including phenoxy) is 2. The summed E-state index contributed by atoms with van der Waals surface area (Å²) in [6.07, 6.45) is -0.654. The van der Waals surface area contributed by atoms with Gasteiger partial charge in [0.15, 0.2) is 0 Å². The lowest BCUT2D eigenvalue weighted by molar-refractivity contribution is -0.0620. The SMILES string of the molecule is CC(O)CO[C@@H](C)COC(C)CO. The van der Waals surface area contributed by atoms with Crippen LogP contribution in [0.1, 0.15) is 20.8 Å². The molecular weight excluding hydrogens is 172 g/mol. The first kappa shape index (κ1) is 12.8. The molecule has 0 radical (unpaired) electrons. The van der Waals surface area contributed by atoms with Crippen molar-refractivity contribution in [1.82, 2.24) is 0 Å². The highest BCUT2D eigenvalue weighted by Crippen LogP contribution is 1.97. The van der Waals surface area contributed by atoms with Gasteiger partial charge >= 0.3 is 0 Å². The van der Waals surface area contributed by atoms with Crippen LogP contribution in [0.3, 0.4) is 0 Å². The molecule has 2 unspecified atom stereocenters. The van der Waals surface area contributed by atoms with Crippen LogP contribution in [0.15, 0.2) is 0 Å². The van der Waals surface area contributed by atoms with Gasteiger partial charge in [-0.1, -0.05) is 0 Å². The molecule has 80 valence electrons. The molecule has 0 amide bonds. The molecule has 0 bridgehead atoms. The lowest BCUT2D eigenvalue weighted by Gasteiger charge is -2.16. The van der Waals surface area contributed by atoms with E-state index >= 15 is 0 Å². The molecule has 0 aliphatic carbocycles. The van der Waals surface area contributed by atoms with Gasteiger partial charge < -0.3 is 19.7 Å². The van der Waals surface area contributed by atoms with E-state index in [1.54, 1.807) is 13.8 Å². The average Bonchev–Trinajstić information content (AvgIpc) is 2.10. The standard InChI is InChI=1S/C9H20O4/c1-7(11)5-12-9(3)6-13-8(2)4-10/h7-11H,4-6H2,1-3H3/t7?,8?,9-/m0/s1. The summed E-state index contributed by atoms with van der Waals surface area (Å²) in [6.45, 7) is 6.10. The molecule has 2 N–H and O–H groups in total. The summed E-state index contributed by atoms with van der Waals surface area (Å²) < 4.78 is 10.5. The summed E-state index contributed by atoms with van der Waals surface area (Å²) in [5, 5.41) is 17.6. The Morgan fingerprint density at radius 2 is 1.54 bits per heavy atom. The number of aliphatic hydroxyl groups excluding tert-OH is 2. The van der Waals surface area contributed by atoms with Crippen molar-refractivity contribution >= 4 is 0 Å². The second-order valence-electron chi connectivity index (χ2n) is 3.32. The molecular formula is C9H20O4. The number of hydrogen-bond donors (Lipinski definition) is 2. The molecule has 0 aliphatic rings. The minimum atomic E-state index is -0.447. The molecule has 4 heteroatoms. The maximum absolute atomic E-state index is 8.92. The highest BCUT2D eigenvalue weighted by atomic mass is 16.5. The van der Waals surface area contributed by atoms with Gasteiger partial charge in [-0.15, -0.1) is 0 Å². The fraction of sp³-hybridized carbons (Fsp3) is 1.00. The zero-order valence-electron chi connectivity index (χ0n) is 8.56. The summed E-state index contributed by atoms with van der Waals surface area (Å²) >= 11 is 0. The van der Waals surface area contributed by atoms with E-state index in [-0.39, 0.29) is 18.8 Å². The zero-order chi connectivity index (χ0) is 10.3. The van der Waals surface area contributed by atoms with E-state index in [1.165, 1.54) is 0 Å². The molecule has 0 rings (SSSR count). The van der Waals surface area contributed by atoms with Crippen LogP contribution in [0, 0.1) is 0 Å². The minimum absolute atomic E-state index is 0.0170. The molecule has 0 aromatic carbocycles. The minimum Gasteiger partial charge on any atom is -0.394 e. The van der Waals surface area contributed by atoms with Crippen molar-refractivity contribution in [2.45, 2.75) is 39.1 Å². The molecule has 0 saturated carbocycles. The fourth-order valence-electron chi connectivity index (χ4n) is 0.704. The molecule has 0 fully saturated rings. The van der Waals surface area contributed by atoms with Crippen molar-refractivity contribution in [2.75, 3.05) is 19.8 Å². The number of rotatable bonds is 7. The predicted octanol–water partition coefficient (Wildman–Crippen LogP) is 0.170. The summed E-state index contributed by atoms with van der Waals surface area (Å²) in [5.41, 5.74) is 0. The Hall–Kier alpha value is -0.160. The Morgan fingerprint density at radius 1 is 1.00 bits per heavy atom. The third-order valence-corrected chi connectivity index (χ3v) is 1.49. The van der Waals surface area contributed by atoms with Crippen LogP contribution in [-0.2, 0) is 9.47 Å². The molecule has 0 aromatic rings. The predicted molar refractivity (Wildman–Crippen MR) is 49.6 cm³/mol. The molecule has 3 atom stereocenters. The summed E-state index contributed by atoms with van der Waals surface area (Å²) in [7, 11) is 0. The van der Waals surface area contributed by atoms with Crippen LogP contribution in [-0.4, -0.2) is 48.3 Å². The Balaban J connectivity index is 3.34. The topological polar surface area (TPSA) is 58.9 Å². The summed E-state index contributed by atoms with van der Waals surface area (Å²) in [5.74, 6) is 0. The lowest BCUT2D eigenvalue weighted by atomic mass is 10.4. The van der Waals surface area contributed by atoms with Gasteiger partial charge in [0.1, 0.15) is 0 Å². The summed E-state index contributed by atoms with van der Waals surface area (Å²) in [4.78, 5) is 0. The Bertz CT molecular complexity index is 116. The van der Waals surface area contributed by atoms with Gasteiger partial charge in [-0.3, -0.25) is 0 Å². The maximum Gasteiger partial charge on any atom is 0.0781 e. The van der Waals surface area contributed by atoms with Gasteiger partial charge in [0.25, 0.3) is 0 Å². The van der Waals surface area contributed by atoms with Gasteiger partial charge in [0, 0.05) is 0 Å². The van der Waals surface area contributed by atoms with E-state index < -0.39 is 6.10 Å². The molecule has 4 nitrogen and oxygen atoms in total.